The summed E-state index contributed by atoms with van der Waals surface area (Å²) >= 11 is 0. The molecule has 2 unspecified atom stereocenters. The van der Waals surface area contributed by atoms with Crippen LogP contribution in [0.2, 0.25) is 0 Å². The average molecular weight is 863 g/mol. The van der Waals surface area contributed by atoms with Gasteiger partial charge in [0.1, 0.15) is 5.58 Å². The molecule has 0 fully saturated rings. The van der Waals surface area contributed by atoms with Gasteiger partial charge in [-0.05, 0) is 81.9 Å². The number of hydrogen-bond donors (Lipinski definition) is 0. The van der Waals surface area contributed by atoms with Crippen molar-refractivity contribution in [2.24, 2.45) is 0 Å². The van der Waals surface area contributed by atoms with E-state index >= 15 is 4.57 Å². The SMILES string of the molecule is O=P1(c2ccccc2)c2ccccc2C2(c3ccccc3-n3c4ccccc4c4cccc2c43)c2ccc(N(c3ccc(-c4ccccc4)cc3)c3cccc4c3oc3ccccc34)cc21. The number of anilines is 3. The molecule has 14 rings (SSSR count). The summed E-state index contributed by atoms with van der Waals surface area (Å²) in [6, 6.07) is 83.7. The molecule has 0 N–H and O–H groups in total. The molecule has 0 radical (unpaired) electrons. The molecule has 0 bridgehead atoms. The van der Waals surface area contributed by atoms with E-state index in [0.29, 0.717) is 0 Å². The van der Waals surface area contributed by atoms with E-state index in [9.17, 15) is 0 Å². The van der Waals surface area contributed by atoms with Gasteiger partial charge in [0, 0.05) is 48.8 Å². The molecule has 12 aromatic rings. The van der Waals surface area contributed by atoms with E-state index in [2.05, 4.69) is 210 Å². The van der Waals surface area contributed by atoms with Gasteiger partial charge < -0.3 is 18.4 Å². The van der Waals surface area contributed by atoms with Crippen molar-refractivity contribution in [1.29, 1.82) is 0 Å². The molecular weight excluding hydrogens is 824 g/mol. The van der Waals surface area contributed by atoms with Crippen LogP contribution in [0.25, 0.3) is 60.6 Å². The number of hydrogen-bond acceptors (Lipinski definition) is 3. The first-order valence-electron chi connectivity index (χ1n) is 22.5. The lowest BCUT2D eigenvalue weighted by atomic mass is 9.62. The molecule has 1 spiro atoms. The Morgan fingerprint density at radius 2 is 1.05 bits per heavy atom. The summed E-state index contributed by atoms with van der Waals surface area (Å²) in [5.74, 6) is 0. The van der Waals surface area contributed by atoms with E-state index in [4.69, 9.17) is 4.42 Å². The molecule has 0 aliphatic carbocycles. The minimum Gasteiger partial charge on any atom is -0.454 e. The number of furan rings is 1. The minimum absolute atomic E-state index is 0.789. The summed E-state index contributed by atoms with van der Waals surface area (Å²) in [5.41, 5.74) is 13.7. The molecule has 0 saturated heterocycles. The van der Waals surface area contributed by atoms with E-state index in [0.717, 1.165) is 88.4 Å². The summed E-state index contributed by atoms with van der Waals surface area (Å²) in [6.45, 7) is 0. The molecule has 0 saturated carbocycles. The van der Waals surface area contributed by atoms with E-state index in [1.165, 1.54) is 27.4 Å². The number of nitrogens with zero attached hydrogens (tertiary/aromatic N) is 2. The van der Waals surface area contributed by atoms with Crippen LogP contribution in [-0.4, -0.2) is 4.57 Å². The highest BCUT2D eigenvalue weighted by atomic mass is 31.2. The van der Waals surface area contributed by atoms with Crippen LogP contribution < -0.4 is 20.8 Å². The van der Waals surface area contributed by atoms with Gasteiger partial charge in [0.15, 0.2) is 12.7 Å². The normalized spacial score (nSPS) is 17.0. The lowest BCUT2D eigenvalue weighted by Crippen LogP contribution is -2.48. The Labute approximate surface area is 381 Å². The van der Waals surface area contributed by atoms with Crippen LogP contribution in [0.1, 0.15) is 22.3 Å². The second kappa shape index (κ2) is 13.9. The Kier molecular flexibility index (Phi) is 7.85. The van der Waals surface area contributed by atoms with Gasteiger partial charge in [-0.3, -0.25) is 0 Å². The molecule has 66 heavy (non-hydrogen) atoms. The molecule has 2 aromatic heterocycles. The second-order valence-electron chi connectivity index (χ2n) is 17.5. The molecule has 2 atom stereocenters. The quantitative estimate of drug-likeness (QED) is 0.162. The molecular formula is C61H39N2O2P. The first kappa shape index (κ1) is 37.2. The van der Waals surface area contributed by atoms with Gasteiger partial charge in [-0.25, -0.2) is 0 Å². The van der Waals surface area contributed by atoms with Gasteiger partial charge in [0.05, 0.1) is 27.8 Å². The Balaban J connectivity index is 1.11. The summed E-state index contributed by atoms with van der Waals surface area (Å²) in [7, 11) is -3.57. The predicted molar refractivity (Wildman–Crippen MR) is 273 cm³/mol. The number of benzene rings is 10. The third kappa shape index (κ3) is 4.91. The van der Waals surface area contributed by atoms with Crippen LogP contribution in [0.5, 0.6) is 0 Å². The van der Waals surface area contributed by atoms with Crippen LogP contribution in [0.15, 0.2) is 241 Å². The second-order valence-corrected chi connectivity index (χ2v) is 20.2. The zero-order valence-electron chi connectivity index (χ0n) is 35.7. The third-order valence-corrected chi connectivity index (χ3v) is 17.4. The van der Waals surface area contributed by atoms with Gasteiger partial charge in [-0.15, -0.1) is 0 Å². The van der Waals surface area contributed by atoms with E-state index in [1.54, 1.807) is 0 Å². The molecule has 0 amide bonds. The van der Waals surface area contributed by atoms with Crippen LogP contribution in [0, 0.1) is 0 Å². The smallest absolute Gasteiger partial charge is 0.171 e. The standard InChI is InChI=1S/C61H39N2O2P/c64-66(44-19-5-2-6-20-44)57-32-14-10-26-50(57)61(49-25-9-12-29-54(49)63-53-28-11-7-21-45(53)47-23-15-27-52(61)59(47)63)51-38-37-43(39-58(51)66)62(42-35-33-41(34-36-42)40-17-3-1-4-18-40)55-30-16-24-48-46-22-8-13-31-56(46)65-60(48)55/h1-39H. The molecule has 5 heteroatoms. The van der Waals surface area contributed by atoms with Crippen molar-refractivity contribution >= 4 is 83.9 Å². The van der Waals surface area contributed by atoms with Gasteiger partial charge in [0.25, 0.3) is 0 Å². The Hall–Kier alpha value is -8.17. The zero-order chi connectivity index (χ0) is 43.6. The third-order valence-electron chi connectivity index (χ3n) is 14.3. The maximum absolute atomic E-state index is 17.2. The molecule has 4 heterocycles. The molecule has 4 nitrogen and oxygen atoms in total. The van der Waals surface area contributed by atoms with E-state index < -0.39 is 12.6 Å². The Bertz CT molecular complexity index is 3980. The number of aromatic nitrogens is 1. The minimum atomic E-state index is -3.57. The van der Waals surface area contributed by atoms with Crippen molar-refractivity contribution in [3.8, 4) is 16.8 Å². The largest absolute Gasteiger partial charge is 0.454 e. The monoisotopic (exact) mass is 862 g/mol. The fourth-order valence-corrected chi connectivity index (χ4v) is 14.7. The first-order valence-corrected chi connectivity index (χ1v) is 24.2. The van der Waals surface area contributed by atoms with Gasteiger partial charge in [0.2, 0.25) is 0 Å². The molecule has 2 aliphatic heterocycles. The van der Waals surface area contributed by atoms with Crippen molar-refractivity contribution in [3.05, 3.63) is 259 Å². The summed E-state index contributed by atoms with van der Waals surface area (Å²) in [6.07, 6.45) is 0. The van der Waals surface area contributed by atoms with Gasteiger partial charge in [-0.1, -0.05) is 188 Å². The summed E-state index contributed by atoms with van der Waals surface area (Å²) in [4.78, 5) is 2.29. The fourth-order valence-electron chi connectivity index (χ4n) is 11.5. The topological polar surface area (TPSA) is 38.4 Å². The van der Waals surface area contributed by atoms with Crippen LogP contribution in [-0.2, 0) is 9.98 Å². The number of rotatable bonds is 5. The highest BCUT2D eigenvalue weighted by Gasteiger charge is 2.54. The lowest BCUT2D eigenvalue weighted by molar-refractivity contribution is 0.590. The fraction of sp³-hybridized carbons (Fsp3) is 0.0164. The van der Waals surface area contributed by atoms with Crippen LogP contribution >= 0.6 is 7.14 Å². The maximum atomic E-state index is 17.2. The van der Waals surface area contributed by atoms with Crippen LogP contribution in [0.4, 0.5) is 17.1 Å². The number of para-hydroxylation sites is 5. The Morgan fingerprint density at radius 3 is 1.89 bits per heavy atom. The van der Waals surface area contributed by atoms with Gasteiger partial charge in [-0.2, -0.15) is 0 Å². The van der Waals surface area contributed by atoms with Crippen molar-refractivity contribution in [3.63, 3.8) is 0 Å². The van der Waals surface area contributed by atoms with E-state index in [1.807, 2.05) is 36.4 Å². The van der Waals surface area contributed by atoms with Crippen molar-refractivity contribution < 1.29 is 8.98 Å². The predicted octanol–water partition coefficient (Wildman–Crippen LogP) is 14.5. The lowest BCUT2D eigenvalue weighted by Gasteiger charge is -2.47. The van der Waals surface area contributed by atoms with Crippen molar-refractivity contribution in [1.82, 2.24) is 4.57 Å². The highest BCUT2D eigenvalue weighted by molar-refractivity contribution is 7.85. The van der Waals surface area contributed by atoms with E-state index in [-0.39, 0.29) is 0 Å². The zero-order valence-corrected chi connectivity index (χ0v) is 36.6. The molecule has 310 valence electrons. The van der Waals surface area contributed by atoms with Crippen molar-refractivity contribution in [2.45, 2.75) is 5.41 Å². The summed E-state index contributed by atoms with van der Waals surface area (Å²) < 4.78 is 26.4. The maximum Gasteiger partial charge on any atom is 0.171 e. The number of fused-ring (bicyclic) bond motifs is 14. The molecule has 10 aromatic carbocycles. The first-order chi connectivity index (χ1) is 32.6. The highest BCUT2D eigenvalue weighted by Crippen LogP contribution is 2.61. The van der Waals surface area contributed by atoms with Crippen molar-refractivity contribution in [2.75, 3.05) is 4.90 Å². The molecule has 2 aliphatic rings. The van der Waals surface area contributed by atoms with Crippen LogP contribution in [0.3, 0.4) is 0 Å². The Morgan fingerprint density at radius 1 is 0.439 bits per heavy atom. The summed E-state index contributed by atoms with van der Waals surface area (Å²) in [5, 5.41) is 7.00. The average Bonchev–Trinajstić information content (AvgIpc) is 3.95. The van der Waals surface area contributed by atoms with Gasteiger partial charge >= 0.3 is 0 Å².